The number of carbonyl (C=O) groups excluding carboxylic acids is 1. The molecule has 6 rings (SSSR count). The number of aromatic nitrogens is 1. The van der Waals surface area contributed by atoms with E-state index in [1.54, 1.807) is 4.90 Å². The average molecular weight is 448 g/mol. The molecule has 3 atom stereocenters. The number of alkyl halides is 3. The molecule has 0 spiro atoms. The maximum Gasteiger partial charge on any atom is 0.417 e. The molecule has 0 radical (unpaired) electrons. The monoisotopic (exact) mass is 447 g/mol. The molecule has 5 aliphatic rings. The van der Waals surface area contributed by atoms with E-state index in [1.807, 2.05) is 0 Å². The van der Waals surface area contributed by atoms with Gasteiger partial charge in [0.15, 0.2) is 0 Å². The number of rotatable bonds is 5. The number of pyridine rings is 1. The molecule has 1 aliphatic heterocycles. The second kappa shape index (κ2) is 7.62. The highest BCUT2D eigenvalue weighted by atomic mass is 19.4. The summed E-state index contributed by atoms with van der Waals surface area (Å²) < 4.78 is 38.6. The largest absolute Gasteiger partial charge is 0.417 e. The van der Waals surface area contributed by atoms with Gasteiger partial charge in [-0.3, -0.25) is 4.79 Å². The first-order valence-electron chi connectivity index (χ1n) is 11.4. The Morgan fingerprint density at radius 1 is 1.22 bits per heavy atom. The number of hydrogen-bond donors (Lipinski definition) is 2. The molecule has 0 aromatic carbocycles. The highest BCUT2D eigenvalue weighted by Gasteiger charge is 2.58. The van der Waals surface area contributed by atoms with Gasteiger partial charge in [-0.1, -0.05) is 0 Å². The fourth-order valence-corrected chi connectivity index (χ4v) is 7.09. The first-order valence-corrected chi connectivity index (χ1v) is 11.4. The van der Waals surface area contributed by atoms with Crippen molar-refractivity contribution in [1.29, 1.82) is 5.26 Å². The van der Waals surface area contributed by atoms with Gasteiger partial charge in [0.05, 0.1) is 18.2 Å². The molecule has 4 saturated carbocycles. The summed E-state index contributed by atoms with van der Waals surface area (Å²) in [4.78, 5) is 18.5. The Bertz CT molecular complexity index is 911. The molecule has 2 unspecified atom stereocenters. The average Bonchev–Trinajstić information content (AvgIpc) is 3.19. The molecule has 4 aliphatic carbocycles. The van der Waals surface area contributed by atoms with Gasteiger partial charge in [-0.05, 0) is 75.3 Å². The normalized spacial score (nSPS) is 35.7. The summed E-state index contributed by atoms with van der Waals surface area (Å²) in [5.41, 5.74) is -1.11. The fourth-order valence-electron chi connectivity index (χ4n) is 7.09. The van der Waals surface area contributed by atoms with Crippen LogP contribution in [0.4, 0.5) is 19.0 Å². The number of hydrogen-bond acceptors (Lipinski definition) is 5. The third-order valence-electron chi connectivity index (χ3n) is 7.88. The fraction of sp³-hybridized carbons (Fsp3) is 0.696. The quantitative estimate of drug-likeness (QED) is 0.719. The minimum absolute atomic E-state index is 0.0174. The van der Waals surface area contributed by atoms with Gasteiger partial charge in [0.25, 0.3) is 0 Å². The van der Waals surface area contributed by atoms with Crippen molar-refractivity contribution in [2.24, 2.45) is 11.8 Å². The standard InChI is InChI=1S/C23H28F3N5O/c24-23(25,26)17-3-4-19(28-12-17)30-22-9-15-6-16(10-22)8-21(7-15,14-22)29-13-20(32)31-5-1-2-18(31)11-27/h3-4,12,15-16,18,29H,1-2,5-10,13-14H2,(H,28,30)/t15?,16?,18-,21?,22?/m0/s1. The van der Waals surface area contributed by atoms with Gasteiger partial charge in [0, 0.05) is 23.8 Å². The second-order valence-corrected chi connectivity index (χ2v) is 10.3. The van der Waals surface area contributed by atoms with E-state index < -0.39 is 11.7 Å². The summed E-state index contributed by atoms with van der Waals surface area (Å²) >= 11 is 0. The molecule has 1 saturated heterocycles. The van der Waals surface area contributed by atoms with Gasteiger partial charge in [-0.25, -0.2) is 4.98 Å². The predicted molar refractivity (Wildman–Crippen MR) is 111 cm³/mol. The molecule has 5 fully saturated rings. The first-order chi connectivity index (χ1) is 15.2. The van der Waals surface area contributed by atoms with E-state index in [4.69, 9.17) is 0 Å². The van der Waals surface area contributed by atoms with Crippen molar-refractivity contribution in [1.82, 2.24) is 15.2 Å². The molecular formula is C23H28F3N5O. The van der Waals surface area contributed by atoms with E-state index in [1.165, 1.54) is 12.5 Å². The van der Waals surface area contributed by atoms with Crippen LogP contribution in [-0.4, -0.2) is 46.0 Å². The Hall–Kier alpha value is -2.34. The van der Waals surface area contributed by atoms with Crippen LogP contribution in [0.25, 0.3) is 0 Å². The number of likely N-dealkylation sites (tertiary alicyclic amines) is 1. The molecule has 172 valence electrons. The van der Waals surface area contributed by atoms with Crippen LogP contribution in [0.2, 0.25) is 0 Å². The van der Waals surface area contributed by atoms with Crippen LogP contribution < -0.4 is 10.6 Å². The lowest BCUT2D eigenvalue weighted by Crippen LogP contribution is -2.67. The maximum absolute atomic E-state index is 12.9. The molecule has 1 aromatic heterocycles. The van der Waals surface area contributed by atoms with E-state index in [2.05, 4.69) is 21.7 Å². The van der Waals surface area contributed by atoms with E-state index >= 15 is 0 Å². The SMILES string of the molecule is N#C[C@@H]1CCCN1C(=O)CNC12CC3CC(C1)CC(Nc1ccc(C(F)(F)F)cn1)(C3)C2. The Labute approximate surface area is 185 Å². The highest BCUT2D eigenvalue weighted by Crippen LogP contribution is 2.58. The Balaban J connectivity index is 1.29. The van der Waals surface area contributed by atoms with Crippen LogP contribution in [0.1, 0.15) is 56.9 Å². The summed E-state index contributed by atoms with van der Waals surface area (Å²) in [6.07, 6.45) is 4.08. The zero-order valence-corrected chi connectivity index (χ0v) is 17.9. The van der Waals surface area contributed by atoms with E-state index in [-0.39, 0.29) is 29.6 Å². The molecule has 2 heterocycles. The van der Waals surface area contributed by atoms with Crippen LogP contribution in [0.15, 0.2) is 18.3 Å². The van der Waals surface area contributed by atoms with Crippen molar-refractivity contribution in [3.8, 4) is 6.07 Å². The smallest absolute Gasteiger partial charge is 0.365 e. The van der Waals surface area contributed by atoms with Crippen molar-refractivity contribution in [3.05, 3.63) is 23.9 Å². The third kappa shape index (κ3) is 3.94. The van der Waals surface area contributed by atoms with E-state index in [0.717, 1.165) is 57.2 Å². The number of anilines is 1. The predicted octanol–water partition coefficient (Wildman–Crippen LogP) is 3.71. The van der Waals surface area contributed by atoms with Gasteiger partial charge < -0.3 is 15.5 Å². The summed E-state index contributed by atoms with van der Waals surface area (Å²) in [6, 6.07) is 4.40. The number of halogens is 3. The van der Waals surface area contributed by atoms with Gasteiger partial charge >= 0.3 is 6.18 Å². The van der Waals surface area contributed by atoms with E-state index in [9.17, 15) is 23.2 Å². The molecule has 9 heteroatoms. The van der Waals surface area contributed by atoms with Crippen molar-refractivity contribution in [3.63, 3.8) is 0 Å². The highest BCUT2D eigenvalue weighted by molar-refractivity contribution is 5.79. The molecule has 6 nitrogen and oxygen atoms in total. The van der Waals surface area contributed by atoms with Crippen molar-refractivity contribution < 1.29 is 18.0 Å². The number of nitrogens with zero attached hydrogens (tertiary/aromatic N) is 3. The summed E-state index contributed by atoms with van der Waals surface area (Å²) in [7, 11) is 0. The minimum Gasteiger partial charge on any atom is -0.365 e. The van der Waals surface area contributed by atoms with Gasteiger partial charge in [-0.15, -0.1) is 0 Å². The van der Waals surface area contributed by atoms with Gasteiger partial charge in [-0.2, -0.15) is 18.4 Å². The number of nitriles is 1. The Morgan fingerprint density at radius 2 is 1.94 bits per heavy atom. The third-order valence-corrected chi connectivity index (χ3v) is 7.88. The molecule has 4 bridgehead atoms. The zero-order chi connectivity index (χ0) is 22.6. The van der Waals surface area contributed by atoms with Crippen molar-refractivity contribution in [2.75, 3.05) is 18.4 Å². The van der Waals surface area contributed by atoms with Crippen LogP contribution in [0.3, 0.4) is 0 Å². The zero-order valence-electron chi connectivity index (χ0n) is 17.9. The van der Waals surface area contributed by atoms with Crippen LogP contribution in [-0.2, 0) is 11.0 Å². The Kier molecular flexibility index (Phi) is 5.12. The van der Waals surface area contributed by atoms with Crippen LogP contribution in [0.5, 0.6) is 0 Å². The van der Waals surface area contributed by atoms with E-state index in [0.29, 0.717) is 24.2 Å². The number of amides is 1. The molecule has 2 N–H and O–H groups in total. The first kappa shape index (κ1) is 21.5. The van der Waals surface area contributed by atoms with Crippen LogP contribution in [0, 0.1) is 23.2 Å². The summed E-state index contributed by atoms with van der Waals surface area (Å²) in [5, 5.41) is 16.3. The van der Waals surface area contributed by atoms with Crippen molar-refractivity contribution in [2.45, 2.75) is 74.7 Å². The molecule has 32 heavy (non-hydrogen) atoms. The second-order valence-electron chi connectivity index (χ2n) is 10.3. The van der Waals surface area contributed by atoms with Gasteiger partial charge in [0.1, 0.15) is 11.9 Å². The lowest BCUT2D eigenvalue weighted by molar-refractivity contribution is -0.137. The number of nitrogens with one attached hydrogen (secondary N) is 2. The minimum atomic E-state index is -4.40. The van der Waals surface area contributed by atoms with Crippen LogP contribution >= 0.6 is 0 Å². The topological polar surface area (TPSA) is 81.0 Å². The maximum atomic E-state index is 12.9. The Morgan fingerprint density at radius 3 is 2.56 bits per heavy atom. The van der Waals surface area contributed by atoms with Crippen molar-refractivity contribution >= 4 is 11.7 Å². The van der Waals surface area contributed by atoms with Gasteiger partial charge in [0.2, 0.25) is 5.91 Å². The summed E-state index contributed by atoms with van der Waals surface area (Å²) in [6.45, 7) is 0.869. The molecular weight excluding hydrogens is 419 g/mol. The molecule has 1 aromatic rings. The summed E-state index contributed by atoms with van der Waals surface area (Å²) in [5.74, 6) is 1.51. The molecule has 1 amide bonds. The number of carbonyl (C=O) groups is 1. The lowest BCUT2D eigenvalue weighted by atomic mass is 9.50. The lowest BCUT2D eigenvalue weighted by Gasteiger charge is -2.62.